The fraction of sp³-hybridized carbons (Fsp3) is 0.500. The summed E-state index contributed by atoms with van der Waals surface area (Å²) in [5.74, 6) is -0.116. The average Bonchev–Trinajstić information content (AvgIpc) is 2.00. The van der Waals surface area contributed by atoms with E-state index in [-0.39, 0.29) is 11.4 Å². The van der Waals surface area contributed by atoms with Gasteiger partial charge in [0.15, 0.2) is 0 Å². The molecule has 0 atom stereocenters. The minimum absolute atomic E-state index is 0.116. The van der Waals surface area contributed by atoms with Crippen molar-refractivity contribution in [3.05, 3.63) is 35.1 Å². The van der Waals surface area contributed by atoms with E-state index in [0.29, 0.717) is 6.42 Å². The molecule has 0 aliphatic rings. The Morgan fingerprint density at radius 3 is 2.50 bits per heavy atom. The van der Waals surface area contributed by atoms with Crippen LogP contribution in [0.4, 0.5) is 4.39 Å². The van der Waals surface area contributed by atoms with Crippen LogP contribution in [0.2, 0.25) is 0 Å². The van der Waals surface area contributed by atoms with Crippen LogP contribution in [0.1, 0.15) is 31.4 Å². The van der Waals surface area contributed by atoms with Crippen LogP contribution in [0.3, 0.4) is 0 Å². The summed E-state index contributed by atoms with van der Waals surface area (Å²) >= 11 is 0. The molecule has 0 spiro atoms. The molecule has 0 unspecified atom stereocenters. The first-order chi connectivity index (χ1) is 6.38. The van der Waals surface area contributed by atoms with Crippen molar-refractivity contribution in [3.8, 4) is 0 Å². The molecule has 2 heteroatoms. The van der Waals surface area contributed by atoms with Gasteiger partial charge in [-0.15, -0.1) is 0 Å². The van der Waals surface area contributed by atoms with Crippen LogP contribution in [0.25, 0.3) is 0 Å². The Balaban J connectivity index is 2.68. The van der Waals surface area contributed by atoms with Gasteiger partial charge in [0.2, 0.25) is 0 Å². The topological polar surface area (TPSA) is 26.0 Å². The van der Waals surface area contributed by atoms with Crippen LogP contribution in [0, 0.1) is 12.7 Å². The molecular weight excluding hydrogens is 177 g/mol. The second kappa shape index (κ2) is 4.09. The zero-order chi connectivity index (χ0) is 10.8. The lowest BCUT2D eigenvalue weighted by Gasteiger charge is -2.18. The Kier molecular flexibility index (Phi) is 3.27. The molecule has 0 amide bonds. The van der Waals surface area contributed by atoms with Gasteiger partial charge in [-0.1, -0.05) is 12.1 Å². The van der Waals surface area contributed by atoms with Crippen molar-refractivity contribution in [1.29, 1.82) is 0 Å². The molecule has 1 aromatic carbocycles. The minimum Gasteiger partial charge on any atom is -0.326 e. The summed E-state index contributed by atoms with van der Waals surface area (Å²) in [7, 11) is 0. The smallest absolute Gasteiger partial charge is 0.126 e. The molecule has 1 aromatic rings. The van der Waals surface area contributed by atoms with Crippen molar-refractivity contribution in [2.24, 2.45) is 5.73 Å². The van der Waals surface area contributed by atoms with Crippen LogP contribution in [0.5, 0.6) is 0 Å². The first-order valence-electron chi connectivity index (χ1n) is 4.92. The monoisotopic (exact) mass is 195 g/mol. The number of hydrogen-bond donors (Lipinski definition) is 1. The Labute approximate surface area is 85.1 Å². The zero-order valence-corrected chi connectivity index (χ0v) is 9.10. The molecule has 0 saturated carbocycles. The van der Waals surface area contributed by atoms with Crippen molar-refractivity contribution in [3.63, 3.8) is 0 Å². The molecule has 0 radical (unpaired) electrons. The SMILES string of the molecule is Cc1ccc(CCC(C)(C)N)c(F)c1. The van der Waals surface area contributed by atoms with E-state index in [1.54, 1.807) is 6.07 Å². The Bertz CT molecular complexity index is 313. The summed E-state index contributed by atoms with van der Waals surface area (Å²) in [5.41, 5.74) is 7.33. The summed E-state index contributed by atoms with van der Waals surface area (Å²) in [6, 6.07) is 5.34. The number of rotatable bonds is 3. The second-order valence-corrected chi connectivity index (χ2v) is 4.58. The van der Waals surface area contributed by atoms with Gasteiger partial charge in [-0.05, 0) is 50.8 Å². The summed E-state index contributed by atoms with van der Waals surface area (Å²) < 4.78 is 13.4. The predicted octanol–water partition coefficient (Wildman–Crippen LogP) is 2.80. The zero-order valence-electron chi connectivity index (χ0n) is 9.10. The van der Waals surface area contributed by atoms with Gasteiger partial charge in [-0.2, -0.15) is 0 Å². The molecule has 78 valence electrons. The lowest BCUT2D eigenvalue weighted by Crippen LogP contribution is -2.32. The maximum absolute atomic E-state index is 13.4. The van der Waals surface area contributed by atoms with Crippen LogP contribution in [0.15, 0.2) is 18.2 Å². The first-order valence-corrected chi connectivity index (χ1v) is 4.92. The summed E-state index contributed by atoms with van der Waals surface area (Å²) in [4.78, 5) is 0. The predicted molar refractivity (Wildman–Crippen MR) is 57.7 cm³/mol. The van der Waals surface area contributed by atoms with Gasteiger partial charge < -0.3 is 5.73 Å². The van der Waals surface area contributed by atoms with Crippen molar-refractivity contribution >= 4 is 0 Å². The number of halogens is 1. The lowest BCUT2D eigenvalue weighted by molar-refractivity contribution is 0.470. The van der Waals surface area contributed by atoms with Crippen LogP contribution in [-0.2, 0) is 6.42 Å². The van der Waals surface area contributed by atoms with E-state index in [2.05, 4.69) is 0 Å². The molecule has 0 fully saturated rings. The Morgan fingerprint density at radius 2 is 2.00 bits per heavy atom. The Morgan fingerprint density at radius 1 is 1.36 bits per heavy atom. The molecule has 2 N–H and O–H groups in total. The van der Waals surface area contributed by atoms with Crippen LogP contribution in [-0.4, -0.2) is 5.54 Å². The second-order valence-electron chi connectivity index (χ2n) is 4.58. The molecule has 0 heterocycles. The van der Waals surface area contributed by atoms with Crippen molar-refractivity contribution in [1.82, 2.24) is 0 Å². The summed E-state index contributed by atoms with van der Waals surface area (Å²) in [5, 5.41) is 0. The molecule has 0 bridgehead atoms. The summed E-state index contributed by atoms with van der Waals surface area (Å²) in [6.07, 6.45) is 1.50. The van der Waals surface area contributed by atoms with Crippen molar-refractivity contribution < 1.29 is 4.39 Å². The number of hydrogen-bond acceptors (Lipinski definition) is 1. The van der Waals surface area contributed by atoms with Gasteiger partial charge in [0.25, 0.3) is 0 Å². The quantitative estimate of drug-likeness (QED) is 0.788. The lowest BCUT2D eigenvalue weighted by atomic mass is 9.96. The molecule has 0 aliphatic carbocycles. The van der Waals surface area contributed by atoms with E-state index in [1.807, 2.05) is 32.9 Å². The van der Waals surface area contributed by atoms with Gasteiger partial charge >= 0.3 is 0 Å². The van der Waals surface area contributed by atoms with E-state index < -0.39 is 0 Å². The number of aryl methyl sites for hydroxylation is 2. The molecular formula is C12H18FN. The van der Waals surface area contributed by atoms with E-state index in [0.717, 1.165) is 17.5 Å². The summed E-state index contributed by atoms with van der Waals surface area (Å²) in [6.45, 7) is 5.80. The standard InChI is InChI=1S/C12H18FN/c1-9-4-5-10(11(13)8-9)6-7-12(2,3)14/h4-5,8H,6-7,14H2,1-3H3. The molecule has 0 aliphatic heterocycles. The highest BCUT2D eigenvalue weighted by molar-refractivity contribution is 5.23. The van der Waals surface area contributed by atoms with Gasteiger partial charge in [0.1, 0.15) is 5.82 Å². The maximum atomic E-state index is 13.4. The Hall–Kier alpha value is -0.890. The van der Waals surface area contributed by atoms with E-state index >= 15 is 0 Å². The number of nitrogens with two attached hydrogens (primary N) is 1. The first kappa shape index (κ1) is 11.2. The van der Waals surface area contributed by atoms with Crippen LogP contribution < -0.4 is 5.73 Å². The molecule has 1 rings (SSSR count). The van der Waals surface area contributed by atoms with E-state index in [1.165, 1.54) is 0 Å². The minimum atomic E-state index is -0.225. The maximum Gasteiger partial charge on any atom is 0.126 e. The highest BCUT2D eigenvalue weighted by atomic mass is 19.1. The average molecular weight is 195 g/mol. The largest absolute Gasteiger partial charge is 0.326 e. The molecule has 0 saturated heterocycles. The molecule has 14 heavy (non-hydrogen) atoms. The normalized spacial score (nSPS) is 11.8. The van der Waals surface area contributed by atoms with Crippen molar-refractivity contribution in [2.75, 3.05) is 0 Å². The highest BCUT2D eigenvalue weighted by Gasteiger charge is 2.11. The third-order valence-electron chi connectivity index (χ3n) is 2.25. The van der Waals surface area contributed by atoms with Crippen molar-refractivity contribution in [2.45, 2.75) is 39.2 Å². The van der Waals surface area contributed by atoms with Gasteiger partial charge in [-0.25, -0.2) is 4.39 Å². The van der Waals surface area contributed by atoms with Gasteiger partial charge in [0.05, 0.1) is 0 Å². The molecule has 0 aromatic heterocycles. The van der Waals surface area contributed by atoms with E-state index in [4.69, 9.17) is 5.73 Å². The highest BCUT2D eigenvalue weighted by Crippen LogP contribution is 2.15. The van der Waals surface area contributed by atoms with E-state index in [9.17, 15) is 4.39 Å². The molecule has 1 nitrogen and oxygen atoms in total. The van der Waals surface area contributed by atoms with Gasteiger partial charge in [0, 0.05) is 5.54 Å². The van der Waals surface area contributed by atoms with Crippen LogP contribution >= 0.6 is 0 Å². The fourth-order valence-corrected chi connectivity index (χ4v) is 1.31. The third-order valence-corrected chi connectivity index (χ3v) is 2.25. The fourth-order valence-electron chi connectivity index (χ4n) is 1.31. The van der Waals surface area contributed by atoms with Gasteiger partial charge in [-0.3, -0.25) is 0 Å². The number of benzene rings is 1. The third kappa shape index (κ3) is 3.46.